The standard InChI is InChI=1S/C8H15NO/c1-3-5-6-7-8(10)9-4-2/h3,5-10H,4H2,1-2H3. The van der Waals surface area contributed by atoms with Gasteiger partial charge in [0.2, 0.25) is 0 Å². The van der Waals surface area contributed by atoms with Crippen LogP contribution in [0.2, 0.25) is 0 Å². The minimum Gasteiger partial charge on any atom is -0.375 e. The normalized spacial score (nSPS) is 15.1. The third kappa shape index (κ3) is 5.54. The van der Waals surface area contributed by atoms with Crippen molar-refractivity contribution in [1.29, 1.82) is 0 Å². The van der Waals surface area contributed by atoms with Crippen LogP contribution in [0.5, 0.6) is 0 Å². The van der Waals surface area contributed by atoms with E-state index in [2.05, 4.69) is 5.32 Å². The first-order valence-corrected chi connectivity index (χ1v) is 3.52. The molecule has 2 nitrogen and oxygen atoms in total. The second-order valence-corrected chi connectivity index (χ2v) is 1.91. The van der Waals surface area contributed by atoms with Gasteiger partial charge in [-0.1, -0.05) is 25.2 Å². The average molecular weight is 141 g/mol. The fraction of sp³-hybridized carbons (Fsp3) is 0.500. The van der Waals surface area contributed by atoms with Crippen molar-refractivity contribution in [2.75, 3.05) is 6.54 Å². The van der Waals surface area contributed by atoms with Crippen LogP contribution in [-0.4, -0.2) is 17.9 Å². The van der Waals surface area contributed by atoms with Gasteiger partial charge in [-0.05, 0) is 19.5 Å². The fourth-order valence-electron chi connectivity index (χ4n) is 0.558. The van der Waals surface area contributed by atoms with E-state index in [1.165, 1.54) is 0 Å². The Hall–Kier alpha value is -0.600. The third-order valence-electron chi connectivity index (χ3n) is 1.01. The number of rotatable bonds is 4. The number of allylic oxidation sites excluding steroid dienone is 3. The van der Waals surface area contributed by atoms with Crippen molar-refractivity contribution in [3.8, 4) is 0 Å². The summed E-state index contributed by atoms with van der Waals surface area (Å²) in [6.07, 6.45) is 6.79. The van der Waals surface area contributed by atoms with E-state index >= 15 is 0 Å². The van der Waals surface area contributed by atoms with E-state index in [4.69, 9.17) is 5.11 Å². The van der Waals surface area contributed by atoms with Crippen LogP contribution >= 0.6 is 0 Å². The molecular formula is C8H15NO. The van der Waals surface area contributed by atoms with Gasteiger partial charge in [0.1, 0.15) is 6.23 Å². The van der Waals surface area contributed by atoms with Crippen LogP contribution in [0.15, 0.2) is 24.3 Å². The summed E-state index contributed by atoms with van der Waals surface area (Å²) in [7, 11) is 0. The lowest BCUT2D eigenvalue weighted by molar-refractivity contribution is 0.187. The van der Waals surface area contributed by atoms with E-state index in [0.717, 1.165) is 6.54 Å². The topological polar surface area (TPSA) is 32.3 Å². The first-order chi connectivity index (χ1) is 4.81. The highest BCUT2D eigenvalue weighted by Crippen LogP contribution is 1.81. The molecule has 0 saturated carbocycles. The Labute approximate surface area is 62.3 Å². The first-order valence-electron chi connectivity index (χ1n) is 3.52. The van der Waals surface area contributed by atoms with E-state index in [9.17, 15) is 0 Å². The lowest BCUT2D eigenvalue weighted by Gasteiger charge is -2.03. The Morgan fingerprint density at radius 1 is 1.50 bits per heavy atom. The van der Waals surface area contributed by atoms with Crippen LogP contribution in [0.25, 0.3) is 0 Å². The van der Waals surface area contributed by atoms with Gasteiger partial charge in [0.15, 0.2) is 0 Å². The largest absolute Gasteiger partial charge is 0.375 e. The van der Waals surface area contributed by atoms with Crippen LogP contribution < -0.4 is 5.32 Å². The zero-order valence-electron chi connectivity index (χ0n) is 6.54. The van der Waals surface area contributed by atoms with Crippen molar-refractivity contribution in [2.45, 2.75) is 20.1 Å². The van der Waals surface area contributed by atoms with Crippen LogP contribution in [0.3, 0.4) is 0 Å². The van der Waals surface area contributed by atoms with Crippen LogP contribution in [0, 0.1) is 0 Å². The Balaban J connectivity index is 3.44. The minimum atomic E-state index is -0.513. The predicted octanol–water partition coefficient (Wildman–Crippen LogP) is 1.05. The maximum absolute atomic E-state index is 9.04. The number of aliphatic hydroxyl groups is 1. The summed E-state index contributed by atoms with van der Waals surface area (Å²) in [5.74, 6) is 0. The second-order valence-electron chi connectivity index (χ2n) is 1.91. The van der Waals surface area contributed by atoms with Crippen molar-refractivity contribution in [2.24, 2.45) is 0 Å². The SMILES string of the molecule is CC=CC=CC(O)NCC. The number of hydrogen-bond acceptors (Lipinski definition) is 2. The maximum Gasteiger partial charge on any atom is 0.124 e. The molecule has 0 aliphatic carbocycles. The third-order valence-corrected chi connectivity index (χ3v) is 1.01. The molecule has 0 aliphatic rings. The highest BCUT2D eigenvalue weighted by molar-refractivity contribution is 5.02. The smallest absolute Gasteiger partial charge is 0.124 e. The number of hydrogen-bond donors (Lipinski definition) is 2. The highest BCUT2D eigenvalue weighted by Gasteiger charge is 1.90. The Kier molecular flexibility index (Phi) is 6.13. The molecule has 0 saturated heterocycles. The molecule has 1 atom stereocenters. The van der Waals surface area contributed by atoms with Gasteiger partial charge in [0.25, 0.3) is 0 Å². The molecule has 58 valence electrons. The predicted molar refractivity (Wildman–Crippen MR) is 43.6 cm³/mol. The van der Waals surface area contributed by atoms with Gasteiger partial charge >= 0.3 is 0 Å². The Bertz CT molecular complexity index is 118. The maximum atomic E-state index is 9.04. The zero-order valence-corrected chi connectivity index (χ0v) is 6.54. The van der Waals surface area contributed by atoms with Gasteiger partial charge in [-0.3, -0.25) is 5.32 Å². The minimum absolute atomic E-state index is 0.513. The quantitative estimate of drug-likeness (QED) is 0.453. The summed E-state index contributed by atoms with van der Waals surface area (Å²) < 4.78 is 0. The highest BCUT2D eigenvalue weighted by atomic mass is 16.3. The molecule has 0 radical (unpaired) electrons. The van der Waals surface area contributed by atoms with Crippen molar-refractivity contribution >= 4 is 0 Å². The van der Waals surface area contributed by atoms with Crippen molar-refractivity contribution in [3.63, 3.8) is 0 Å². The molecule has 0 amide bonds. The molecule has 0 aromatic carbocycles. The van der Waals surface area contributed by atoms with E-state index in [1.807, 2.05) is 32.1 Å². The molecular weight excluding hydrogens is 126 g/mol. The van der Waals surface area contributed by atoms with Crippen LogP contribution in [-0.2, 0) is 0 Å². The van der Waals surface area contributed by atoms with Crippen molar-refractivity contribution < 1.29 is 5.11 Å². The van der Waals surface area contributed by atoms with Crippen LogP contribution in [0.1, 0.15) is 13.8 Å². The van der Waals surface area contributed by atoms with Gasteiger partial charge in [0.05, 0.1) is 0 Å². The van der Waals surface area contributed by atoms with E-state index in [1.54, 1.807) is 6.08 Å². The van der Waals surface area contributed by atoms with Gasteiger partial charge in [-0.15, -0.1) is 0 Å². The van der Waals surface area contributed by atoms with Crippen molar-refractivity contribution in [3.05, 3.63) is 24.3 Å². The Morgan fingerprint density at radius 2 is 2.20 bits per heavy atom. The first kappa shape index (κ1) is 9.40. The van der Waals surface area contributed by atoms with E-state index < -0.39 is 6.23 Å². The molecule has 0 aliphatic heterocycles. The second kappa shape index (κ2) is 6.52. The summed E-state index contributed by atoms with van der Waals surface area (Å²) in [6, 6.07) is 0. The average Bonchev–Trinajstić information content (AvgIpc) is 1.89. The molecule has 10 heavy (non-hydrogen) atoms. The molecule has 0 rings (SSSR count). The molecule has 0 spiro atoms. The lowest BCUT2D eigenvalue weighted by Crippen LogP contribution is -2.25. The van der Waals surface area contributed by atoms with Crippen molar-refractivity contribution in [1.82, 2.24) is 5.32 Å². The lowest BCUT2D eigenvalue weighted by atomic mass is 10.4. The molecule has 0 aromatic rings. The summed E-state index contributed by atoms with van der Waals surface area (Å²) in [5, 5.41) is 11.9. The summed E-state index contributed by atoms with van der Waals surface area (Å²) >= 11 is 0. The number of nitrogens with one attached hydrogen (secondary N) is 1. The molecule has 0 bridgehead atoms. The molecule has 0 fully saturated rings. The monoisotopic (exact) mass is 141 g/mol. The molecule has 0 aromatic heterocycles. The fourth-order valence-corrected chi connectivity index (χ4v) is 0.558. The van der Waals surface area contributed by atoms with Gasteiger partial charge in [0, 0.05) is 0 Å². The molecule has 2 N–H and O–H groups in total. The van der Waals surface area contributed by atoms with Gasteiger partial charge in [-0.2, -0.15) is 0 Å². The van der Waals surface area contributed by atoms with Gasteiger partial charge in [-0.25, -0.2) is 0 Å². The summed E-state index contributed by atoms with van der Waals surface area (Å²) in [4.78, 5) is 0. The van der Waals surface area contributed by atoms with E-state index in [0.29, 0.717) is 0 Å². The summed E-state index contributed by atoms with van der Waals surface area (Å²) in [5.41, 5.74) is 0. The van der Waals surface area contributed by atoms with Crippen LogP contribution in [0.4, 0.5) is 0 Å². The number of likely N-dealkylation sites (N-methyl/N-ethyl adjacent to an activating group) is 1. The summed E-state index contributed by atoms with van der Waals surface area (Å²) in [6.45, 7) is 4.66. The Morgan fingerprint density at radius 3 is 2.70 bits per heavy atom. The van der Waals surface area contributed by atoms with E-state index in [-0.39, 0.29) is 0 Å². The zero-order chi connectivity index (χ0) is 7.82. The molecule has 0 heterocycles. The molecule has 1 unspecified atom stereocenters. The molecule has 2 heteroatoms. The van der Waals surface area contributed by atoms with Gasteiger partial charge < -0.3 is 5.11 Å². The number of aliphatic hydroxyl groups excluding tert-OH is 1.